The van der Waals surface area contributed by atoms with Gasteiger partial charge in [0.1, 0.15) is 60.4 Å². The Labute approximate surface area is 643 Å². The smallest absolute Gasteiger partial charge is 0.248 e. The van der Waals surface area contributed by atoms with Gasteiger partial charge in [0.25, 0.3) is 0 Å². The monoisotopic (exact) mass is 1550 g/mol. The summed E-state index contributed by atoms with van der Waals surface area (Å²) in [6, 6.07) is -13.5. The maximum absolute atomic E-state index is 15.9. The zero-order valence-corrected chi connectivity index (χ0v) is 69.6. The molecule has 616 valence electrons. The number of piperidine rings is 1. The largest absolute Gasteiger partial charge is 0.391 e. The molecule has 0 aromatic carbocycles. The third-order valence-electron chi connectivity index (χ3n) is 22.4. The highest BCUT2D eigenvalue weighted by Gasteiger charge is 2.47. The summed E-state index contributed by atoms with van der Waals surface area (Å²) in [6.45, 7) is 21.3. The molecule has 13 amide bonds. The summed E-state index contributed by atoms with van der Waals surface area (Å²) in [5.41, 5.74) is 0. The predicted octanol–water partition coefficient (Wildman–Crippen LogP) is 3.65. The lowest BCUT2D eigenvalue weighted by atomic mass is 9.76. The first-order valence-corrected chi connectivity index (χ1v) is 41.4. The minimum atomic E-state index is -3.96. The van der Waals surface area contributed by atoms with E-state index in [0.29, 0.717) is 32.4 Å². The van der Waals surface area contributed by atoms with Crippen LogP contribution in [0.25, 0.3) is 0 Å². The Morgan fingerprint density at radius 3 is 1.51 bits per heavy atom. The van der Waals surface area contributed by atoms with Gasteiger partial charge in [0, 0.05) is 69.5 Å². The molecule has 4 rings (SSSR count). The number of sulfonamides is 1. The van der Waals surface area contributed by atoms with Gasteiger partial charge >= 0.3 is 0 Å². The number of nitrogens with zero attached hydrogens (tertiary/aromatic N) is 8. The SMILES string of the molecule is CC[C@H](C)[C@H]1C(=O)N[C@@H]([C@@H](C)O)C(=O)N(C)CC(=O)N(C)[C@@H](CC)C(=O)N[C@H](C(=O)N2CCCCC2)CC(=O)N(C)[C@@H](CC(C)C)C(=O)N[C@@H](CC2CCC(C(=O)NS(C)(=O)=O)C(OC)C2)C(=O)N(C)[C@@H](CC(C)C)C(=O)N(C)[C@@H](CC2CCCCC2)C(=O)N[C@@H](CC(C)C)C(=O)N(C)[C@@H](CC(C)C)C(=O)N1C. The number of nitrogens with one attached hydrogen (secondary N) is 5. The van der Waals surface area contributed by atoms with Gasteiger partial charge in [0.15, 0.2) is 0 Å². The van der Waals surface area contributed by atoms with Crippen molar-refractivity contribution in [2.24, 2.45) is 47.3 Å². The van der Waals surface area contributed by atoms with Gasteiger partial charge in [-0.2, -0.15) is 0 Å². The van der Waals surface area contributed by atoms with E-state index in [1.54, 1.807) is 18.7 Å². The van der Waals surface area contributed by atoms with Crippen LogP contribution in [-0.4, -0.2) is 284 Å². The fourth-order valence-corrected chi connectivity index (χ4v) is 16.3. The zero-order valence-electron chi connectivity index (χ0n) is 68.8. The van der Waals surface area contributed by atoms with Gasteiger partial charge in [-0.1, -0.05) is 115 Å². The molecule has 4 aliphatic rings. The molecule has 2 heterocycles. The van der Waals surface area contributed by atoms with E-state index >= 15 is 33.6 Å². The number of hydrogen-bond donors (Lipinski definition) is 6. The molecule has 30 nitrogen and oxygen atoms in total. The van der Waals surface area contributed by atoms with E-state index in [9.17, 15) is 42.3 Å². The van der Waals surface area contributed by atoms with Crippen molar-refractivity contribution in [1.82, 2.24) is 65.2 Å². The van der Waals surface area contributed by atoms with Gasteiger partial charge in [-0.25, -0.2) is 8.42 Å². The predicted molar refractivity (Wildman–Crippen MR) is 409 cm³/mol. The van der Waals surface area contributed by atoms with Crippen LogP contribution in [0.3, 0.4) is 0 Å². The number of carbonyl (C=O) groups excluding carboxylic acids is 13. The summed E-state index contributed by atoms with van der Waals surface area (Å²) in [5.74, 6) is -12.3. The molecule has 108 heavy (non-hydrogen) atoms. The van der Waals surface area contributed by atoms with Crippen LogP contribution in [0.15, 0.2) is 0 Å². The van der Waals surface area contributed by atoms with Crippen LogP contribution in [0.4, 0.5) is 0 Å². The lowest BCUT2D eigenvalue weighted by Gasteiger charge is -2.40. The van der Waals surface area contributed by atoms with E-state index < -0.39 is 190 Å². The van der Waals surface area contributed by atoms with Gasteiger partial charge in [-0.15, -0.1) is 0 Å². The fraction of sp³-hybridized carbons (Fsp3) is 0.831. The maximum Gasteiger partial charge on any atom is 0.248 e. The quantitative estimate of drug-likeness (QED) is 0.101. The molecule has 2 aliphatic heterocycles. The van der Waals surface area contributed by atoms with E-state index in [1.165, 1.54) is 87.9 Å². The molecule has 2 saturated carbocycles. The van der Waals surface area contributed by atoms with Crippen molar-refractivity contribution < 1.29 is 80.6 Å². The first-order valence-electron chi connectivity index (χ1n) is 39.5. The number of ether oxygens (including phenoxy) is 1. The van der Waals surface area contributed by atoms with Crippen LogP contribution >= 0.6 is 0 Å². The second-order valence-corrected chi connectivity index (χ2v) is 34.9. The van der Waals surface area contributed by atoms with Crippen molar-refractivity contribution in [3.05, 3.63) is 0 Å². The first-order chi connectivity index (χ1) is 50.4. The molecule has 2 saturated heterocycles. The fourth-order valence-electron chi connectivity index (χ4n) is 15.8. The molecule has 15 atom stereocenters. The first kappa shape index (κ1) is 93.4. The van der Waals surface area contributed by atoms with Crippen LogP contribution < -0.4 is 26.0 Å². The Morgan fingerprint density at radius 2 is 1.00 bits per heavy atom. The van der Waals surface area contributed by atoms with E-state index in [-0.39, 0.29) is 93.8 Å². The van der Waals surface area contributed by atoms with Crippen molar-refractivity contribution in [2.45, 2.75) is 284 Å². The van der Waals surface area contributed by atoms with Crippen LogP contribution in [0, 0.1) is 47.3 Å². The summed E-state index contributed by atoms with van der Waals surface area (Å²) >= 11 is 0. The molecule has 6 N–H and O–H groups in total. The van der Waals surface area contributed by atoms with Crippen LogP contribution in [0.2, 0.25) is 0 Å². The summed E-state index contributed by atoms with van der Waals surface area (Å²) < 4.78 is 32.5. The minimum absolute atomic E-state index is 0.0152. The van der Waals surface area contributed by atoms with Crippen molar-refractivity contribution in [1.29, 1.82) is 0 Å². The Kier molecular flexibility index (Phi) is 37.1. The van der Waals surface area contributed by atoms with E-state index in [1.807, 2.05) is 62.3 Å². The van der Waals surface area contributed by atoms with Gasteiger partial charge in [0.05, 0.1) is 37.3 Å². The highest BCUT2D eigenvalue weighted by Crippen LogP contribution is 2.36. The number of likely N-dealkylation sites (N-methyl/N-ethyl adjacent to an activating group) is 7. The number of methoxy groups -OCH3 is 1. The molecule has 0 aromatic heterocycles. The summed E-state index contributed by atoms with van der Waals surface area (Å²) in [6.07, 6.45) is 5.44. The molecule has 0 spiro atoms. The summed E-state index contributed by atoms with van der Waals surface area (Å²) in [5, 5.41) is 22.7. The Bertz CT molecular complexity index is 3200. The van der Waals surface area contributed by atoms with Crippen LogP contribution in [0.1, 0.15) is 212 Å². The highest BCUT2D eigenvalue weighted by atomic mass is 32.2. The molecular formula is C77H135N13O17S. The number of likely N-dealkylation sites (tertiary alicyclic amines) is 1. The minimum Gasteiger partial charge on any atom is -0.391 e. The zero-order chi connectivity index (χ0) is 81.7. The highest BCUT2D eigenvalue weighted by molar-refractivity contribution is 7.89. The van der Waals surface area contributed by atoms with E-state index in [2.05, 4.69) is 26.0 Å². The number of aliphatic hydroxyl groups is 1. The molecule has 3 unspecified atom stereocenters. The second-order valence-electron chi connectivity index (χ2n) is 33.1. The third-order valence-corrected chi connectivity index (χ3v) is 23.0. The van der Waals surface area contributed by atoms with Crippen molar-refractivity contribution in [2.75, 3.05) is 82.3 Å². The molecular weight excluding hydrogens is 1410 g/mol. The average molecular weight is 1550 g/mol. The normalized spacial score (nSPS) is 28.5. The summed E-state index contributed by atoms with van der Waals surface area (Å²) in [4.78, 5) is 205. The third kappa shape index (κ3) is 26.6. The molecule has 0 radical (unpaired) electrons. The van der Waals surface area contributed by atoms with Gasteiger partial charge in [-0.05, 0) is 132 Å². The summed E-state index contributed by atoms with van der Waals surface area (Å²) in [7, 11) is 7.25. The van der Waals surface area contributed by atoms with Gasteiger partial charge < -0.3 is 70.3 Å². The van der Waals surface area contributed by atoms with Crippen molar-refractivity contribution >= 4 is 86.8 Å². The lowest BCUT2D eigenvalue weighted by molar-refractivity contribution is -0.152. The Morgan fingerprint density at radius 1 is 0.519 bits per heavy atom. The number of hydrogen-bond acceptors (Lipinski definition) is 17. The lowest BCUT2D eigenvalue weighted by Crippen LogP contribution is -2.62. The van der Waals surface area contributed by atoms with Gasteiger partial charge in [0.2, 0.25) is 86.8 Å². The maximum atomic E-state index is 15.9. The number of aliphatic hydroxyl groups excluding tert-OH is 1. The standard InChI is InChI=1S/C77H135N13O17S/c1-22-49(11)66-71(98)81-65(50(12)91)77(104)83(13)44-64(93)84(14)57(23-2)68(95)80-56(74(101)90-34-28-25-29-35-90)43-63(92)85(15)58(37-46(5)6)69(96)79-55(40-52-32-33-53(62(42-52)107-20)67(94)82-108(21,105)106)73(100)87(17)60(38-47(7)8)75(102)86(16)59(41-51-30-26-24-27-31-51)70(97)78-54(36-45(3)4)72(99)88(18)61(39-48(9)10)76(103)89(66)19/h45-62,65-66,91H,22-44H2,1-21H3,(H,78,97)(H,79,96)(H,80,95)(H,81,98)(H,82,94)/t49-,50+,52?,53?,54-,55-,56-,57-,58-,59-,60-,61-,62?,65-,66-/m0/s1. The molecule has 0 bridgehead atoms. The van der Waals surface area contributed by atoms with Crippen LogP contribution in [-0.2, 0) is 77.1 Å². The number of amides is 13. The molecule has 31 heteroatoms. The van der Waals surface area contributed by atoms with E-state index in [4.69, 9.17) is 4.74 Å². The Balaban J connectivity index is 2.03. The topological polar surface area (TPSA) is 372 Å². The number of carbonyl (C=O) groups is 13. The molecule has 0 aromatic rings. The van der Waals surface area contributed by atoms with E-state index in [0.717, 1.165) is 54.6 Å². The van der Waals surface area contributed by atoms with Gasteiger partial charge in [-0.3, -0.25) is 67.1 Å². The average Bonchev–Trinajstić information content (AvgIpc) is 0.820. The number of rotatable bonds is 20. The molecule has 2 aliphatic carbocycles. The van der Waals surface area contributed by atoms with Crippen molar-refractivity contribution in [3.8, 4) is 0 Å². The van der Waals surface area contributed by atoms with Crippen LogP contribution in [0.5, 0.6) is 0 Å². The Hall–Kier alpha value is -7.02. The molecule has 4 fully saturated rings. The van der Waals surface area contributed by atoms with Crippen molar-refractivity contribution in [3.63, 3.8) is 0 Å². The second kappa shape index (κ2) is 43.0.